The highest BCUT2D eigenvalue weighted by atomic mass is 16.5. The number of likely N-dealkylation sites (N-methyl/N-ethyl adjacent to an activating group) is 1. The molecule has 1 aromatic rings. The van der Waals surface area contributed by atoms with Crippen molar-refractivity contribution in [3.05, 3.63) is 29.8 Å². The minimum absolute atomic E-state index is 0.663. The third-order valence-corrected chi connectivity index (χ3v) is 3.80. The molecule has 0 unspecified atom stereocenters. The van der Waals surface area contributed by atoms with Crippen LogP contribution in [-0.2, 0) is 6.42 Å². The first-order chi connectivity index (χ1) is 8.83. The van der Waals surface area contributed by atoms with Crippen LogP contribution in [0.25, 0.3) is 0 Å². The average molecular weight is 248 g/mol. The molecule has 3 nitrogen and oxygen atoms in total. The molecule has 100 valence electrons. The van der Waals surface area contributed by atoms with Gasteiger partial charge in [-0.15, -0.1) is 0 Å². The molecule has 0 aromatic heterocycles. The lowest BCUT2D eigenvalue weighted by Crippen LogP contribution is -2.44. The van der Waals surface area contributed by atoms with Gasteiger partial charge in [0.15, 0.2) is 0 Å². The van der Waals surface area contributed by atoms with Crippen LogP contribution >= 0.6 is 0 Å². The molecule has 1 aromatic carbocycles. The summed E-state index contributed by atoms with van der Waals surface area (Å²) in [7, 11) is 3.81. The predicted molar refractivity (Wildman–Crippen MR) is 75.2 cm³/mol. The summed E-state index contributed by atoms with van der Waals surface area (Å²) in [4.78, 5) is 2.55. The fourth-order valence-electron chi connectivity index (χ4n) is 2.68. The van der Waals surface area contributed by atoms with Crippen molar-refractivity contribution in [1.29, 1.82) is 0 Å². The van der Waals surface area contributed by atoms with Crippen LogP contribution in [0.3, 0.4) is 0 Å². The summed E-state index contributed by atoms with van der Waals surface area (Å²) in [6, 6.07) is 8.99. The summed E-state index contributed by atoms with van der Waals surface area (Å²) < 4.78 is 5.40. The van der Waals surface area contributed by atoms with Gasteiger partial charge in [-0.25, -0.2) is 0 Å². The van der Waals surface area contributed by atoms with Crippen molar-refractivity contribution in [2.24, 2.45) is 0 Å². The Balaban J connectivity index is 1.87. The monoisotopic (exact) mass is 248 g/mol. The third kappa shape index (κ3) is 3.47. The van der Waals surface area contributed by atoms with Crippen LogP contribution in [0.2, 0.25) is 0 Å². The molecule has 1 aliphatic rings. The van der Waals surface area contributed by atoms with Gasteiger partial charge in [0.2, 0.25) is 0 Å². The number of piperidine rings is 1. The zero-order valence-electron chi connectivity index (χ0n) is 11.5. The fraction of sp³-hybridized carbons (Fsp3) is 0.600. The van der Waals surface area contributed by atoms with Crippen LogP contribution in [0.15, 0.2) is 24.3 Å². The van der Waals surface area contributed by atoms with Crippen molar-refractivity contribution in [3.8, 4) is 5.75 Å². The summed E-state index contributed by atoms with van der Waals surface area (Å²) in [6.07, 6.45) is 3.68. The van der Waals surface area contributed by atoms with Crippen molar-refractivity contribution in [2.75, 3.05) is 33.8 Å². The molecule has 0 amide bonds. The van der Waals surface area contributed by atoms with Crippen LogP contribution in [0.1, 0.15) is 18.4 Å². The van der Waals surface area contributed by atoms with Gasteiger partial charge in [-0.3, -0.25) is 0 Å². The largest absolute Gasteiger partial charge is 0.496 e. The Morgan fingerprint density at radius 2 is 2.22 bits per heavy atom. The number of benzene rings is 1. The van der Waals surface area contributed by atoms with E-state index in [0.717, 1.165) is 18.7 Å². The molecule has 0 radical (unpaired) electrons. The van der Waals surface area contributed by atoms with Gasteiger partial charge < -0.3 is 15.0 Å². The van der Waals surface area contributed by atoms with Crippen molar-refractivity contribution in [3.63, 3.8) is 0 Å². The summed E-state index contributed by atoms with van der Waals surface area (Å²) in [6.45, 7) is 3.53. The van der Waals surface area contributed by atoms with Gasteiger partial charge in [-0.1, -0.05) is 18.2 Å². The first-order valence-corrected chi connectivity index (χ1v) is 6.85. The summed E-state index contributed by atoms with van der Waals surface area (Å²) in [5.74, 6) is 1.01. The lowest BCUT2D eigenvalue weighted by atomic mass is 10.0. The molecule has 2 rings (SSSR count). The van der Waals surface area contributed by atoms with Crippen LogP contribution in [0, 0.1) is 0 Å². The maximum Gasteiger partial charge on any atom is 0.122 e. The van der Waals surface area contributed by atoms with Crippen LogP contribution in [-0.4, -0.2) is 44.7 Å². The Hall–Kier alpha value is -1.06. The number of nitrogens with one attached hydrogen (secondary N) is 1. The van der Waals surface area contributed by atoms with Crippen LogP contribution in [0.5, 0.6) is 5.75 Å². The van der Waals surface area contributed by atoms with Gasteiger partial charge in [0, 0.05) is 19.1 Å². The molecule has 18 heavy (non-hydrogen) atoms. The zero-order chi connectivity index (χ0) is 12.8. The third-order valence-electron chi connectivity index (χ3n) is 3.80. The van der Waals surface area contributed by atoms with Crippen molar-refractivity contribution in [1.82, 2.24) is 10.2 Å². The number of hydrogen-bond acceptors (Lipinski definition) is 3. The highest BCUT2D eigenvalue weighted by Crippen LogP contribution is 2.19. The maximum atomic E-state index is 5.40. The van der Waals surface area contributed by atoms with E-state index in [1.165, 1.54) is 31.5 Å². The Kier molecular flexibility index (Phi) is 5.02. The first-order valence-electron chi connectivity index (χ1n) is 6.85. The number of hydrogen-bond donors (Lipinski definition) is 1. The molecular weight excluding hydrogens is 224 g/mol. The van der Waals surface area contributed by atoms with E-state index in [2.05, 4.69) is 29.4 Å². The molecule has 1 atom stereocenters. The fourth-order valence-corrected chi connectivity index (χ4v) is 2.68. The van der Waals surface area contributed by atoms with Gasteiger partial charge in [0.05, 0.1) is 7.11 Å². The molecule has 1 N–H and O–H groups in total. The van der Waals surface area contributed by atoms with E-state index in [9.17, 15) is 0 Å². The number of methoxy groups -OCH3 is 1. The molecule has 1 fully saturated rings. The molecular formula is C15H24N2O. The smallest absolute Gasteiger partial charge is 0.122 e. The van der Waals surface area contributed by atoms with Gasteiger partial charge in [-0.2, -0.15) is 0 Å². The SMILES string of the molecule is CN[C@@H]1CCCN(CCc2ccccc2OC)C1. The highest BCUT2D eigenvalue weighted by molar-refractivity contribution is 5.33. The molecule has 3 heteroatoms. The van der Waals surface area contributed by atoms with Gasteiger partial charge in [0.1, 0.15) is 5.75 Å². The van der Waals surface area contributed by atoms with Gasteiger partial charge >= 0.3 is 0 Å². The summed E-state index contributed by atoms with van der Waals surface area (Å²) in [5.41, 5.74) is 1.31. The zero-order valence-corrected chi connectivity index (χ0v) is 11.5. The van der Waals surface area contributed by atoms with Crippen LogP contribution in [0.4, 0.5) is 0 Å². The molecule has 0 saturated carbocycles. The minimum atomic E-state index is 0.663. The highest BCUT2D eigenvalue weighted by Gasteiger charge is 2.18. The average Bonchev–Trinajstić information content (AvgIpc) is 2.45. The van der Waals surface area contributed by atoms with E-state index in [0.29, 0.717) is 6.04 Å². The van der Waals surface area contributed by atoms with Crippen LogP contribution < -0.4 is 10.1 Å². The minimum Gasteiger partial charge on any atom is -0.496 e. The quantitative estimate of drug-likeness (QED) is 0.861. The lowest BCUT2D eigenvalue weighted by Gasteiger charge is -2.32. The topological polar surface area (TPSA) is 24.5 Å². The number of ether oxygens (including phenoxy) is 1. The molecule has 0 bridgehead atoms. The van der Waals surface area contributed by atoms with Gasteiger partial charge in [0.25, 0.3) is 0 Å². The first kappa shape index (κ1) is 13.4. The lowest BCUT2D eigenvalue weighted by molar-refractivity contribution is 0.197. The molecule has 1 heterocycles. The van der Waals surface area contributed by atoms with E-state index in [1.807, 2.05) is 12.1 Å². The second kappa shape index (κ2) is 6.76. The van der Waals surface area contributed by atoms with Crippen molar-refractivity contribution in [2.45, 2.75) is 25.3 Å². The predicted octanol–water partition coefficient (Wildman–Crippen LogP) is 1.92. The van der Waals surface area contributed by atoms with Crippen molar-refractivity contribution >= 4 is 0 Å². The summed E-state index contributed by atoms with van der Waals surface area (Å²) >= 11 is 0. The van der Waals surface area contributed by atoms with E-state index < -0.39 is 0 Å². The van der Waals surface area contributed by atoms with E-state index in [4.69, 9.17) is 4.74 Å². The van der Waals surface area contributed by atoms with E-state index in [-0.39, 0.29) is 0 Å². The number of likely N-dealkylation sites (tertiary alicyclic amines) is 1. The Bertz CT molecular complexity index is 367. The molecule has 1 aliphatic heterocycles. The second-order valence-corrected chi connectivity index (χ2v) is 4.99. The normalized spacial score (nSPS) is 20.9. The van der Waals surface area contributed by atoms with Crippen molar-refractivity contribution < 1.29 is 4.74 Å². The van der Waals surface area contributed by atoms with E-state index in [1.54, 1.807) is 7.11 Å². The molecule has 0 aliphatic carbocycles. The maximum absolute atomic E-state index is 5.40. The Morgan fingerprint density at radius 3 is 3.00 bits per heavy atom. The number of para-hydroxylation sites is 1. The Labute approximate surface area is 110 Å². The molecule has 1 saturated heterocycles. The Morgan fingerprint density at radius 1 is 1.39 bits per heavy atom. The second-order valence-electron chi connectivity index (χ2n) is 4.99. The summed E-state index contributed by atoms with van der Waals surface area (Å²) in [5, 5.41) is 3.39. The number of rotatable bonds is 5. The van der Waals surface area contributed by atoms with Gasteiger partial charge in [-0.05, 0) is 44.5 Å². The number of nitrogens with zero attached hydrogens (tertiary/aromatic N) is 1. The molecule has 0 spiro atoms. The van der Waals surface area contributed by atoms with E-state index >= 15 is 0 Å². The standard InChI is InChI=1S/C15H24N2O/c1-16-14-7-5-10-17(12-14)11-9-13-6-3-4-8-15(13)18-2/h3-4,6,8,14,16H,5,7,9-12H2,1-2H3/t14-/m1/s1.